The monoisotopic (exact) mass is 566 g/mol. The molecule has 3 amide bonds. The first kappa shape index (κ1) is 27.3. The van der Waals surface area contributed by atoms with E-state index in [9.17, 15) is 27.6 Å². The van der Waals surface area contributed by atoms with Gasteiger partial charge in [-0.3, -0.25) is 24.0 Å². The Morgan fingerprint density at radius 1 is 1.00 bits per heavy atom. The Morgan fingerprint density at radius 2 is 1.65 bits per heavy atom. The third kappa shape index (κ3) is 5.16. The van der Waals surface area contributed by atoms with E-state index in [1.807, 2.05) is 13.0 Å². The van der Waals surface area contributed by atoms with Gasteiger partial charge in [-0.05, 0) is 48.7 Å². The average Bonchev–Trinajstić information content (AvgIpc) is 3.61. The number of thiophene rings is 1. The highest BCUT2D eigenvalue weighted by molar-refractivity contribution is 7.14. The number of carbonyl (C=O) groups is 3. The maximum Gasteiger partial charge on any atom is 0.416 e. The zero-order valence-electron chi connectivity index (χ0n) is 21.7. The third-order valence-corrected chi connectivity index (χ3v) is 8.13. The molecule has 0 saturated carbocycles. The minimum Gasteiger partial charge on any atom is -0.346 e. The molecule has 1 N–H and O–H groups in total. The maximum atomic E-state index is 13.8. The van der Waals surface area contributed by atoms with E-state index in [4.69, 9.17) is 0 Å². The Hall–Kier alpha value is -4.25. The molecule has 7 nitrogen and oxygen atoms in total. The van der Waals surface area contributed by atoms with Crippen LogP contribution in [-0.4, -0.2) is 45.0 Å². The summed E-state index contributed by atoms with van der Waals surface area (Å²) in [6.45, 7) is 1.68. The summed E-state index contributed by atoms with van der Waals surface area (Å²) in [6, 6.07) is 14.0. The number of aryl methyl sites for hydroxylation is 2. The van der Waals surface area contributed by atoms with Crippen molar-refractivity contribution in [3.05, 3.63) is 98.9 Å². The van der Waals surface area contributed by atoms with Crippen LogP contribution in [0.2, 0.25) is 0 Å². The fourth-order valence-electron chi connectivity index (χ4n) is 4.94. The van der Waals surface area contributed by atoms with Crippen molar-refractivity contribution in [3.63, 3.8) is 0 Å². The lowest BCUT2D eigenvalue weighted by Gasteiger charge is -2.25. The average molecular weight is 567 g/mol. The normalized spacial score (nSPS) is 14.0. The van der Waals surface area contributed by atoms with E-state index in [2.05, 4.69) is 10.4 Å². The van der Waals surface area contributed by atoms with Gasteiger partial charge in [0.25, 0.3) is 17.7 Å². The number of benzene rings is 2. The van der Waals surface area contributed by atoms with Gasteiger partial charge in [0.15, 0.2) is 0 Å². The molecule has 5 rings (SSSR count). The lowest BCUT2D eigenvalue weighted by atomic mass is 9.99. The second-order valence-corrected chi connectivity index (χ2v) is 10.6. The topological polar surface area (TPSA) is 84.3 Å². The van der Waals surface area contributed by atoms with Gasteiger partial charge >= 0.3 is 6.18 Å². The molecule has 0 bridgehead atoms. The van der Waals surface area contributed by atoms with Crippen LogP contribution in [0.15, 0.2) is 66.9 Å². The van der Waals surface area contributed by atoms with Crippen molar-refractivity contribution in [1.29, 1.82) is 0 Å². The molecule has 2 aromatic heterocycles. The number of halogens is 3. The number of hydrogen-bond acceptors (Lipinski definition) is 5. The Kier molecular flexibility index (Phi) is 7.33. The molecule has 0 aliphatic carbocycles. The number of alkyl halides is 3. The zero-order valence-corrected chi connectivity index (χ0v) is 22.5. The number of aromatic nitrogens is 2. The number of imide groups is 1. The van der Waals surface area contributed by atoms with Crippen LogP contribution in [-0.2, 0) is 26.1 Å². The summed E-state index contributed by atoms with van der Waals surface area (Å²) in [6.07, 6.45) is -2.53. The highest BCUT2D eigenvalue weighted by Crippen LogP contribution is 2.34. The number of fused-ring (bicyclic) bond motifs is 1. The summed E-state index contributed by atoms with van der Waals surface area (Å²) >= 11 is 1.28. The van der Waals surface area contributed by atoms with Crippen LogP contribution in [0.5, 0.6) is 0 Å². The summed E-state index contributed by atoms with van der Waals surface area (Å²) in [4.78, 5) is 41.9. The van der Waals surface area contributed by atoms with Gasteiger partial charge < -0.3 is 5.32 Å². The molecule has 0 spiro atoms. The Bertz CT molecular complexity index is 1570. The van der Waals surface area contributed by atoms with Crippen molar-refractivity contribution in [1.82, 2.24) is 20.0 Å². The van der Waals surface area contributed by atoms with Gasteiger partial charge in [0.1, 0.15) is 0 Å². The lowest BCUT2D eigenvalue weighted by molar-refractivity contribution is -0.138. The molecule has 1 aliphatic heterocycles. The van der Waals surface area contributed by atoms with E-state index < -0.39 is 35.5 Å². The predicted molar refractivity (Wildman–Crippen MR) is 144 cm³/mol. The fourth-order valence-corrected chi connectivity index (χ4v) is 5.95. The summed E-state index contributed by atoms with van der Waals surface area (Å²) < 4.78 is 43.0. The summed E-state index contributed by atoms with van der Waals surface area (Å²) in [7, 11) is 1.79. The number of hydrogen-bond donors (Lipinski definition) is 1. The van der Waals surface area contributed by atoms with E-state index in [0.717, 1.165) is 27.1 Å². The Balaban J connectivity index is 1.46. The van der Waals surface area contributed by atoms with E-state index in [0.29, 0.717) is 11.3 Å². The van der Waals surface area contributed by atoms with Crippen molar-refractivity contribution < 1.29 is 27.6 Å². The molecule has 3 heterocycles. The molecule has 11 heteroatoms. The largest absolute Gasteiger partial charge is 0.416 e. The van der Waals surface area contributed by atoms with Gasteiger partial charge in [0, 0.05) is 30.2 Å². The lowest BCUT2D eigenvalue weighted by Crippen LogP contribution is -2.47. The van der Waals surface area contributed by atoms with E-state index in [1.54, 1.807) is 36.1 Å². The van der Waals surface area contributed by atoms with Crippen LogP contribution in [0.3, 0.4) is 0 Å². The van der Waals surface area contributed by atoms with Gasteiger partial charge in [0.2, 0.25) is 0 Å². The van der Waals surface area contributed by atoms with Crippen LogP contribution in [0.1, 0.15) is 53.3 Å². The SMILES string of the molecule is CCc1sc(C(=O)N[C@@H](Cc2ccccc2C(F)(F)F)CN2C(=O)c3ccccc3C2=O)cc1-c1ccnn1C. The minimum atomic E-state index is -4.61. The summed E-state index contributed by atoms with van der Waals surface area (Å²) in [5.74, 6) is -1.60. The zero-order chi connectivity index (χ0) is 28.6. The van der Waals surface area contributed by atoms with Crippen molar-refractivity contribution in [2.75, 3.05) is 6.54 Å². The molecule has 0 unspecified atom stereocenters. The van der Waals surface area contributed by atoms with Crippen LogP contribution < -0.4 is 5.32 Å². The van der Waals surface area contributed by atoms with Gasteiger partial charge in [0.05, 0.1) is 33.3 Å². The quantitative estimate of drug-likeness (QED) is 0.291. The molecule has 206 valence electrons. The minimum absolute atomic E-state index is 0.0482. The summed E-state index contributed by atoms with van der Waals surface area (Å²) in [5.41, 5.74) is 1.23. The Morgan fingerprint density at radius 3 is 2.25 bits per heavy atom. The standard InChI is InChI=1S/C29H25F3N4O3S/c1-3-24-21(23-12-13-33-35(23)2)15-25(40-24)26(37)34-18(14-17-8-4-7-11-22(17)29(30,31)32)16-36-27(38)19-9-5-6-10-20(19)28(36)39/h4-13,15,18H,3,14,16H2,1-2H3,(H,34,37)/t18-/m0/s1. The number of carbonyl (C=O) groups excluding carboxylic acids is 3. The Labute approximate surface area is 232 Å². The van der Waals surface area contributed by atoms with Gasteiger partial charge in [-0.25, -0.2) is 0 Å². The predicted octanol–water partition coefficient (Wildman–Crippen LogP) is 5.37. The van der Waals surface area contributed by atoms with Crippen LogP contribution in [0.25, 0.3) is 11.3 Å². The number of nitrogens with zero attached hydrogens (tertiary/aromatic N) is 3. The first-order valence-corrected chi connectivity index (χ1v) is 13.4. The highest BCUT2D eigenvalue weighted by Gasteiger charge is 2.38. The van der Waals surface area contributed by atoms with E-state index in [1.165, 1.54) is 41.7 Å². The number of nitrogens with one attached hydrogen (secondary N) is 1. The first-order valence-electron chi connectivity index (χ1n) is 12.6. The maximum absolute atomic E-state index is 13.8. The molecule has 1 aliphatic rings. The van der Waals surface area contributed by atoms with E-state index in [-0.39, 0.29) is 29.7 Å². The second-order valence-electron chi connectivity index (χ2n) is 9.44. The van der Waals surface area contributed by atoms with Crippen molar-refractivity contribution in [2.24, 2.45) is 7.05 Å². The molecule has 2 aromatic carbocycles. The molecular weight excluding hydrogens is 541 g/mol. The van der Waals surface area contributed by atoms with Gasteiger partial charge in [-0.15, -0.1) is 11.3 Å². The molecule has 40 heavy (non-hydrogen) atoms. The number of rotatable bonds is 8. The van der Waals surface area contributed by atoms with Crippen molar-refractivity contribution >= 4 is 29.1 Å². The smallest absolute Gasteiger partial charge is 0.346 e. The van der Waals surface area contributed by atoms with Crippen molar-refractivity contribution in [3.8, 4) is 11.3 Å². The molecule has 0 saturated heterocycles. The molecule has 0 radical (unpaired) electrons. The van der Waals surface area contributed by atoms with Gasteiger partial charge in [-0.2, -0.15) is 18.3 Å². The molecular formula is C29H25F3N4O3S. The van der Waals surface area contributed by atoms with Crippen LogP contribution in [0, 0.1) is 0 Å². The van der Waals surface area contributed by atoms with Crippen LogP contribution in [0.4, 0.5) is 13.2 Å². The van der Waals surface area contributed by atoms with Gasteiger partial charge in [-0.1, -0.05) is 37.3 Å². The van der Waals surface area contributed by atoms with Crippen LogP contribution >= 0.6 is 11.3 Å². The third-order valence-electron chi connectivity index (χ3n) is 6.86. The second kappa shape index (κ2) is 10.7. The molecule has 0 fully saturated rings. The number of amides is 3. The first-order chi connectivity index (χ1) is 19.1. The summed E-state index contributed by atoms with van der Waals surface area (Å²) in [5, 5.41) is 7.01. The highest BCUT2D eigenvalue weighted by atomic mass is 32.1. The molecule has 1 atom stereocenters. The van der Waals surface area contributed by atoms with Crippen molar-refractivity contribution in [2.45, 2.75) is 32.0 Å². The van der Waals surface area contributed by atoms with E-state index >= 15 is 0 Å². The molecule has 4 aromatic rings. The fraction of sp³-hybridized carbons (Fsp3) is 0.241.